The summed E-state index contributed by atoms with van der Waals surface area (Å²) < 4.78 is 6.33. The Morgan fingerprint density at radius 1 is 1.12 bits per heavy atom. The molecular weight excluding hydrogens is 534 g/mol. The molecule has 3 fully saturated rings. The summed E-state index contributed by atoms with van der Waals surface area (Å²) in [7, 11) is 2.16. The summed E-state index contributed by atoms with van der Waals surface area (Å²) in [5, 5.41) is 2.99. The maximum atomic E-state index is 12.8. The largest absolute Gasteiger partial charge is 0.462 e. The van der Waals surface area contributed by atoms with Crippen molar-refractivity contribution in [1.29, 1.82) is 0 Å². The number of anilines is 2. The molecule has 7 rings (SSSR count). The van der Waals surface area contributed by atoms with Crippen molar-refractivity contribution in [2.24, 2.45) is 11.3 Å². The Morgan fingerprint density at radius 2 is 1.98 bits per heavy atom. The smallest absolute Gasteiger partial charge is 0.318 e. The summed E-state index contributed by atoms with van der Waals surface area (Å²) in [4.78, 5) is 30.0. The van der Waals surface area contributed by atoms with Crippen LogP contribution in [0.4, 0.5) is 11.5 Å². The summed E-state index contributed by atoms with van der Waals surface area (Å²) in [6, 6.07) is 13.3. The quantitative estimate of drug-likeness (QED) is 0.338. The number of rotatable bonds is 7. The van der Waals surface area contributed by atoms with Crippen LogP contribution >= 0.6 is 11.6 Å². The number of piperidine rings is 1. The molecule has 0 radical (unpaired) electrons. The average Bonchev–Trinajstić information content (AvgIpc) is 3.40. The van der Waals surface area contributed by atoms with Gasteiger partial charge in [0, 0.05) is 47.7 Å². The second-order valence-electron chi connectivity index (χ2n) is 12.3. The lowest BCUT2D eigenvalue weighted by molar-refractivity contribution is -0.136. The van der Waals surface area contributed by atoms with E-state index in [4.69, 9.17) is 26.3 Å². The number of benzene rings is 2. The average molecular weight is 572 g/mol. The summed E-state index contributed by atoms with van der Waals surface area (Å²) in [6.45, 7) is 8.68. The Balaban J connectivity index is 1.22. The number of likely N-dealkylation sites (tertiary alicyclic amines) is 1. The van der Waals surface area contributed by atoms with E-state index in [1.165, 1.54) is 18.1 Å². The van der Waals surface area contributed by atoms with Crippen LogP contribution in [0.15, 0.2) is 49.1 Å². The third-order valence-electron chi connectivity index (χ3n) is 10.2. The summed E-state index contributed by atoms with van der Waals surface area (Å²) in [5.41, 5.74) is 3.14. The highest BCUT2D eigenvalue weighted by molar-refractivity contribution is 6.36. The highest BCUT2D eigenvalue weighted by Crippen LogP contribution is 2.53. The first-order valence-electron chi connectivity index (χ1n) is 15.0. The maximum Gasteiger partial charge on any atom is 0.318 e. The van der Waals surface area contributed by atoms with E-state index in [0.29, 0.717) is 31.1 Å². The van der Waals surface area contributed by atoms with Crippen LogP contribution in [0.3, 0.4) is 0 Å². The number of aromatic nitrogens is 2. The number of ether oxygens (including phenoxy) is 1. The van der Waals surface area contributed by atoms with E-state index in [0.717, 1.165) is 91.3 Å². The Bertz CT molecular complexity index is 1510. The van der Waals surface area contributed by atoms with Gasteiger partial charge in [0.1, 0.15) is 12.4 Å². The van der Waals surface area contributed by atoms with Crippen molar-refractivity contribution in [2.45, 2.75) is 51.1 Å². The predicted molar refractivity (Wildman–Crippen MR) is 164 cm³/mol. The fourth-order valence-electron chi connectivity index (χ4n) is 7.65. The van der Waals surface area contributed by atoms with Crippen molar-refractivity contribution in [3.63, 3.8) is 0 Å². The minimum absolute atomic E-state index is 0.215. The first kappa shape index (κ1) is 26.7. The molecule has 1 aromatic heterocycles. The standard InChI is InChI=1S/C33H38ClN5O2/c1-3-29(40)33-14-12-23(33)19-39(18-15-33)31-25-13-17-38(28-11-5-8-22-7-4-10-26(34)30(22)28)20-27(25)35-32(36-31)41-21-24-9-6-16-37(24)2/h3-5,7-8,10-11,23-24H,1,6,9,12-21H2,2H3/t23-,24-,33-/m0/s1. The molecule has 0 amide bonds. The van der Waals surface area contributed by atoms with E-state index >= 15 is 0 Å². The lowest BCUT2D eigenvalue weighted by Crippen LogP contribution is -2.57. The van der Waals surface area contributed by atoms with Crippen LogP contribution in [-0.4, -0.2) is 66.5 Å². The molecular formula is C33H38ClN5O2. The number of carbonyl (C=O) groups is 1. The van der Waals surface area contributed by atoms with Gasteiger partial charge >= 0.3 is 6.01 Å². The van der Waals surface area contributed by atoms with Gasteiger partial charge in [-0.25, -0.2) is 0 Å². The zero-order valence-corrected chi connectivity index (χ0v) is 24.6. The number of allylic oxidation sites excluding steroid dienone is 1. The van der Waals surface area contributed by atoms with E-state index < -0.39 is 0 Å². The summed E-state index contributed by atoms with van der Waals surface area (Å²) >= 11 is 6.71. The topological polar surface area (TPSA) is 61.8 Å². The molecule has 1 saturated carbocycles. The minimum atomic E-state index is -0.220. The van der Waals surface area contributed by atoms with Crippen molar-refractivity contribution in [1.82, 2.24) is 14.9 Å². The number of nitrogens with zero attached hydrogens (tertiary/aromatic N) is 5. The highest BCUT2D eigenvalue weighted by atomic mass is 35.5. The van der Waals surface area contributed by atoms with Crippen LogP contribution in [-0.2, 0) is 17.8 Å². The monoisotopic (exact) mass is 571 g/mol. The van der Waals surface area contributed by atoms with E-state index in [9.17, 15) is 4.79 Å². The summed E-state index contributed by atoms with van der Waals surface area (Å²) in [6.07, 6.45) is 7.62. The number of ketones is 1. The van der Waals surface area contributed by atoms with E-state index in [-0.39, 0.29) is 11.2 Å². The fourth-order valence-corrected chi connectivity index (χ4v) is 7.93. The van der Waals surface area contributed by atoms with Crippen LogP contribution < -0.4 is 14.5 Å². The molecule has 2 saturated heterocycles. The predicted octanol–water partition coefficient (Wildman–Crippen LogP) is 5.68. The van der Waals surface area contributed by atoms with Gasteiger partial charge in [-0.05, 0) is 81.6 Å². The Labute approximate surface area is 247 Å². The van der Waals surface area contributed by atoms with E-state index in [2.05, 4.69) is 52.6 Å². The fraction of sp³-hybridized carbons (Fsp3) is 0.485. The number of hydrogen-bond acceptors (Lipinski definition) is 7. The van der Waals surface area contributed by atoms with Gasteiger partial charge in [-0.15, -0.1) is 0 Å². The molecule has 0 N–H and O–H groups in total. The third kappa shape index (κ3) is 4.58. The van der Waals surface area contributed by atoms with Crippen molar-refractivity contribution >= 4 is 39.7 Å². The van der Waals surface area contributed by atoms with Crippen molar-refractivity contribution in [3.8, 4) is 6.01 Å². The maximum absolute atomic E-state index is 12.8. The summed E-state index contributed by atoms with van der Waals surface area (Å²) in [5.74, 6) is 1.56. The van der Waals surface area contributed by atoms with Gasteiger partial charge in [-0.1, -0.05) is 42.4 Å². The lowest BCUT2D eigenvalue weighted by atomic mass is 9.54. The van der Waals surface area contributed by atoms with Crippen molar-refractivity contribution < 1.29 is 9.53 Å². The second-order valence-corrected chi connectivity index (χ2v) is 12.7. The molecule has 0 unspecified atom stereocenters. The molecule has 2 aromatic carbocycles. The van der Waals surface area contributed by atoms with Gasteiger partial charge in [0.05, 0.1) is 17.3 Å². The molecule has 3 aromatic rings. The number of carbonyl (C=O) groups excluding carboxylic acids is 1. The molecule has 1 aliphatic carbocycles. The number of likely N-dealkylation sites (N-methyl/N-ethyl adjacent to an activating group) is 1. The zero-order chi connectivity index (χ0) is 28.1. The van der Waals surface area contributed by atoms with Gasteiger partial charge in [-0.3, -0.25) is 4.79 Å². The first-order chi connectivity index (χ1) is 20.0. The van der Waals surface area contributed by atoms with Crippen molar-refractivity contribution in [3.05, 3.63) is 65.3 Å². The van der Waals surface area contributed by atoms with Crippen LogP contribution in [0.25, 0.3) is 10.8 Å². The van der Waals surface area contributed by atoms with Crippen LogP contribution in [0.5, 0.6) is 6.01 Å². The molecule has 4 heterocycles. The molecule has 4 aliphatic rings. The Morgan fingerprint density at radius 3 is 2.71 bits per heavy atom. The molecule has 214 valence electrons. The molecule has 3 aliphatic heterocycles. The zero-order valence-electron chi connectivity index (χ0n) is 23.8. The molecule has 41 heavy (non-hydrogen) atoms. The first-order valence-corrected chi connectivity index (χ1v) is 15.4. The van der Waals surface area contributed by atoms with E-state index in [1.54, 1.807) is 0 Å². The molecule has 0 bridgehead atoms. The number of halogens is 1. The normalized spacial score (nSPS) is 25.9. The molecule has 8 heteroatoms. The molecule has 7 nitrogen and oxygen atoms in total. The minimum Gasteiger partial charge on any atom is -0.462 e. The van der Waals surface area contributed by atoms with Gasteiger partial charge in [0.15, 0.2) is 5.78 Å². The number of fused-ring (bicyclic) bond motifs is 3. The Hall–Kier alpha value is -3.16. The van der Waals surface area contributed by atoms with Gasteiger partial charge in [0.25, 0.3) is 0 Å². The van der Waals surface area contributed by atoms with Crippen LogP contribution in [0.2, 0.25) is 5.02 Å². The van der Waals surface area contributed by atoms with E-state index in [1.807, 2.05) is 12.1 Å². The van der Waals surface area contributed by atoms with Crippen molar-refractivity contribution in [2.75, 3.05) is 49.6 Å². The second kappa shape index (κ2) is 10.6. The SMILES string of the molecule is C=CC(=O)[C@]12CC[C@H]1CN(c1nc(OC[C@@H]3CCCN3C)nc3c1CCN(c1cccc4cccc(Cl)c14)C3)CC2. The molecule has 3 atom stereocenters. The van der Waals surface area contributed by atoms with Crippen LogP contribution in [0, 0.1) is 11.3 Å². The lowest BCUT2D eigenvalue weighted by Gasteiger charge is -2.54. The highest BCUT2D eigenvalue weighted by Gasteiger charge is 2.54. The van der Waals surface area contributed by atoms with Gasteiger partial charge in [-0.2, -0.15) is 9.97 Å². The van der Waals surface area contributed by atoms with Gasteiger partial charge in [0.2, 0.25) is 0 Å². The number of hydrogen-bond donors (Lipinski definition) is 0. The van der Waals surface area contributed by atoms with Crippen LogP contribution in [0.1, 0.15) is 43.4 Å². The Kier molecular flexibility index (Phi) is 6.90. The van der Waals surface area contributed by atoms with Gasteiger partial charge < -0.3 is 19.4 Å². The third-order valence-corrected chi connectivity index (χ3v) is 10.6. The molecule has 0 spiro atoms.